The van der Waals surface area contributed by atoms with Crippen LogP contribution in [0.25, 0.3) is 4.85 Å². The Morgan fingerprint density at radius 3 is 2.18 bits per heavy atom. The second-order valence-electron chi connectivity index (χ2n) is 14.8. The Hall–Kier alpha value is -1.78. The molecule has 206 valence electrons. The third-order valence-electron chi connectivity index (χ3n) is 11.6. The maximum atomic E-state index is 14.3. The molecule has 5 atom stereocenters. The van der Waals surface area contributed by atoms with Crippen LogP contribution < -0.4 is 4.72 Å². The second kappa shape index (κ2) is 7.91. The van der Waals surface area contributed by atoms with Crippen LogP contribution in [0.15, 0.2) is 23.4 Å². The van der Waals surface area contributed by atoms with E-state index in [1.807, 2.05) is 26.0 Å². The van der Waals surface area contributed by atoms with Gasteiger partial charge in [0.1, 0.15) is 0 Å². The first-order valence-corrected chi connectivity index (χ1v) is 15.8. The summed E-state index contributed by atoms with van der Waals surface area (Å²) < 4.78 is 28.2. The number of hydrogen-bond acceptors (Lipinski definition) is 4. The molecule has 2 radical (unpaired) electrons. The smallest absolute Gasteiger partial charge is 0.226 e. The molecular weight excluding hydrogens is 496 g/mol. The highest BCUT2D eigenvalue weighted by atomic mass is 32.2. The maximum absolute atomic E-state index is 14.3. The Labute approximate surface area is 229 Å². The van der Waals surface area contributed by atoms with E-state index in [1.165, 1.54) is 6.26 Å². The van der Waals surface area contributed by atoms with E-state index < -0.39 is 31.8 Å². The van der Waals surface area contributed by atoms with Crippen molar-refractivity contribution in [3.63, 3.8) is 0 Å². The van der Waals surface area contributed by atoms with Crippen LogP contribution in [0, 0.1) is 51.4 Å². The van der Waals surface area contributed by atoms with E-state index in [9.17, 15) is 18.0 Å². The average Bonchev–Trinajstić information content (AvgIpc) is 2.78. The normalized spacial score (nSPS) is 42.6. The third kappa shape index (κ3) is 3.54. The molecule has 0 amide bonds. The third-order valence-corrected chi connectivity index (χ3v) is 12.3. The molecule has 7 heteroatoms. The molecule has 0 heterocycles. The van der Waals surface area contributed by atoms with Gasteiger partial charge >= 0.3 is 0 Å². The summed E-state index contributed by atoms with van der Waals surface area (Å²) in [4.78, 5) is 31.2. The number of allylic oxidation sites excluding steroid dienone is 4. The van der Waals surface area contributed by atoms with Gasteiger partial charge in [-0.3, -0.25) is 4.79 Å². The predicted octanol–water partition coefficient (Wildman–Crippen LogP) is 5.78. The molecule has 38 heavy (non-hydrogen) atoms. The van der Waals surface area contributed by atoms with Gasteiger partial charge in [-0.1, -0.05) is 60.1 Å². The summed E-state index contributed by atoms with van der Waals surface area (Å²) in [5, 5.41) is 0. The highest BCUT2D eigenvalue weighted by Crippen LogP contribution is 2.74. The summed E-state index contributed by atoms with van der Waals surface area (Å²) in [5.41, 5.74) is -1.62. The van der Waals surface area contributed by atoms with Gasteiger partial charge < -0.3 is 4.79 Å². The molecule has 5 aliphatic rings. The fraction of sp³-hybridized carbons (Fsp3) is 0.710. The monoisotopic (exact) mass is 538 g/mol. The zero-order chi connectivity index (χ0) is 28.3. The highest BCUT2D eigenvalue weighted by Gasteiger charge is 2.70. The molecule has 0 bridgehead atoms. The summed E-state index contributed by atoms with van der Waals surface area (Å²) in [7, 11) is -3.49. The van der Waals surface area contributed by atoms with Crippen LogP contribution in [0.5, 0.6) is 0 Å². The minimum Gasteiger partial charge on any atom is -0.307 e. The number of Topliss-reactive ketones (excluding diaryl/α,β-unsaturated/α-hetero) is 1. The molecule has 3 fully saturated rings. The van der Waals surface area contributed by atoms with E-state index in [0.717, 1.165) is 36.7 Å². The van der Waals surface area contributed by atoms with Crippen LogP contribution in [-0.2, 0) is 19.6 Å². The van der Waals surface area contributed by atoms with E-state index >= 15 is 0 Å². The molecule has 3 saturated carbocycles. The van der Waals surface area contributed by atoms with Gasteiger partial charge in [0.15, 0.2) is 11.6 Å². The zero-order valence-electron chi connectivity index (χ0n) is 24.2. The van der Waals surface area contributed by atoms with Gasteiger partial charge in [0.2, 0.25) is 15.7 Å². The van der Waals surface area contributed by atoms with E-state index in [1.54, 1.807) is 0 Å². The Morgan fingerprint density at radius 2 is 1.58 bits per heavy atom. The van der Waals surface area contributed by atoms with Crippen LogP contribution in [0.4, 0.5) is 0 Å². The number of nitrogens with one attached hydrogen (secondary N) is 1. The van der Waals surface area contributed by atoms with Crippen molar-refractivity contribution in [1.82, 2.24) is 4.72 Å². The van der Waals surface area contributed by atoms with Gasteiger partial charge in [-0.25, -0.2) is 18.0 Å². The van der Waals surface area contributed by atoms with Crippen molar-refractivity contribution in [1.29, 1.82) is 0 Å². The predicted molar refractivity (Wildman–Crippen MR) is 148 cm³/mol. The van der Waals surface area contributed by atoms with Gasteiger partial charge in [-0.15, -0.1) is 0 Å². The van der Waals surface area contributed by atoms with E-state index in [2.05, 4.69) is 44.2 Å². The van der Waals surface area contributed by atoms with Crippen molar-refractivity contribution in [2.24, 2.45) is 33.0 Å². The lowest BCUT2D eigenvalue weighted by Crippen LogP contribution is -2.68. The first-order valence-electron chi connectivity index (χ1n) is 13.9. The first-order chi connectivity index (χ1) is 17.3. The summed E-state index contributed by atoms with van der Waals surface area (Å²) >= 11 is 0. The van der Waals surface area contributed by atoms with E-state index in [-0.39, 0.29) is 34.0 Å². The first kappa shape index (κ1) is 27.8. The van der Waals surface area contributed by atoms with Crippen LogP contribution >= 0.6 is 0 Å². The van der Waals surface area contributed by atoms with Crippen molar-refractivity contribution in [2.75, 3.05) is 6.26 Å². The van der Waals surface area contributed by atoms with Crippen molar-refractivity contribution < 1.29 is 18.0 Å². The van der Waals surface area contributed by atoms with Crippen LogP contribution in [0.2, 0.25) is 0 Å². The SMILES string of the molecule is [C-]#[N+]C1=C[C@]2(C)C3=CC(=O)[C]4[C]5CC(C)(C)CC[C@]5(NS(C)(=O)=O)CC[C@@]4(C)[C@]3(C)CC[C@H]2C(C)(C)C1=O. The second-order valence-corrected chi connectivity index (χ2v) is 16.6. The molecule has 0 spiro atoms. The number of sulfonamides is 1. The topological polar surface area (TPSA) is 84.7 Å². The minimum absolute atomic E-state index is 0.00104. The van der Waals surface area contributed by atoms with Crippen molar-refractivity contribution >= 4 is 21.6 Å². The number of nitrogens with zero attached hydrogens (tertiary/aromatic N) is 1. The van der Waals surface area contributed by atoms with Gasteiger partial charge in [0, 0.05) is 22.3 Å². The summed E-state index contributed by atoms with van der Waals surface area (Å²) in [6.07, 6.45) is 10.2. The molecule has 0 aliphatic heterocycles. The van der Waals surface area contributed by atoms with Gasteiger partial charge in [0.25, 0.3) is 0 Å². The Kier molecular flexibility index (Phi) is 5.78. The number of fused-ring (bicyclic) bond motifs is 7. The average molecular weight is 539 g/mol. The lowest BCUT2D eigenvalue weighted by molar-refractivity contribution is -0.133. The van der Waals surface area contributed by atoms with Gasteiger partial charge in [-0.05, 0) is 73.2 Å². The quantitative estimate of drug-likeness (QED) is 0.452. The van der Waals surface area contributed by atoms with E-state index in [4.69, 9.17) is 6.57 Å². The number of carbonyl (C=O) groups is 2. The van der Waals surface area contributed by atoms with Crippen molar-refractivity contribution in [2.45, 2.75) is 99.0 Å². The fourth-order valence-corrected chi connectivity index (χ4v) is 10.4. The molecule has 0 aromatic carbocycles. The fourth-order valence-electron chi connectivity index (χ4n) is 9.41. The minimum atomic E-state index is -3.49. The number of ketones is 2. The maximum Gasteiger partial charge on any atom is 0.226 e. The van der Waals surface area contributed by atoms with E-state index in [0.29, 0.717) is 25.7 Å². The molecule has 5 rings (SSSR count). The van der Waals surface area contributed by atoms with Crippen molar-refractivity contribution in [3.05, 3.63) is 46.7 Å². The lowest BCUT2D eigenvalue weighted by atomic mass is 9.35. The summed E-state index contributed by atoms with van der Waals surface area (Å²) in [5.74, 6) is 1.66. The lowest BCUT2D eigenvalue weighted by Gasteiger charge is -2.68. The Morgan fingerprint density at radius 1 is 0.947 bits per heavy atom. The summed E-state index contributed by atoms with van der Waals surface area (Å²) in [6.45, 7) is 22.6. The zero-order valence-corrected chi connectivity index (χ0v) is 25.0. The standard InChI is InChI=1S/C31H42N2O4S/c1-26(2)12-14-31(33-38(9,36)37)15-13-30(7)24(19(31)17-26)21(34)16-23-28(5)18-20(32-8)25(35)27(3,4)22(28)10-11-29(23,30)6/h16,18,22,33H,10-15,17H2,1-7,9H3/t22-,28-,29+,30+,31-/m0/s1. The number of hydrogen-bond donors (Lipinski definition) is 1. The highest BCUT2D eigenvalue weighted by molar-refractivity contribution is 7.88. The molecular formula is C31H42N2O4S. The molecule has 5 aliphatic carbocycles. The van der Waals surface area contributed by atoms with Crippen LogP contribution in [0.1, 0.15) is 93.4 Å². The summed E-state index contributed by atoms with van der Waals surface area (Å²) in [6, 6.07) is 0. The molecule has 1 N–H and O–H groups in total. The number of carbonyl (C=O) groups excluding carboxylic acids is 2. The van der Waals surface area contributed by atoms with Gasteiger partial charge in [0.05, 0.1) is 18.7 Å². The molecule has 0 aromatic rings. The van der Waals surface area contributed by atoms with Crippen molar-refractivity contribution in [3.8, 4) is 0 Å². The largest absolute Gasteiger partial charge is 0.307 e. The number of rotatable bonds is 2. The Bertz CT molecular complexity index is 1330. The van der Waals surface area contributed by atoms with Gasteiger partial charge in [-0.2, -0.15) is 0 Å². The molecule has 0 aromatic heterocycles. The molecule has 6 nitrogen and oxygen atoms in total. The molecule has 0 unspecified atom stereocenters. The Balaban J connectivity index is 1.70. The molecule has 0 saturated heterocycles. The van der Waals surface area contributed by atoms with Crippen LogP contribution in [0.3, 0.4) is 0 Å². The van der Waals surface area contributed by atoms with Crippen LogP contribution in [-0.4, -0.2) is 31.8 Å².